The average molecular weight is 302 g/mol. The molecule has 1 aliphatic heterocycles. The van der Waals surface area contributed by atoms with Crippen molar-refractivity contribution in [1.82, 2.24) is 4.72 Å². The van der Waals surface area contributed by atoms with E-state index in [4.69, 9.17) is 14.9 Å². The van der Waals surface area contributed by atoms with Crippen molar-refractivity contribution in [1.29, 1.82) is 0 Å². The molecule has 0 amide bonds. The predicted molar refractivity (Wildman–Crippen MR) is 74.7 cm³/mol. The molecule has 6 nitrogen and oxygen atoms in total. The van der Waals surface area contributed by atoms with E-state index in [1.54, 1.807) is 6.92 Å². The molecule has 0 spiro atoms. The van der Waals surface area contributed by atoms with Crippen molar-refractivity contribution in [2.45, 2.75) is 56.7 Å². The summed E-state index contributed by atoms with van der Waals surface area (Å²) in [5.41, 5.74) is 5.16. The molecule has 1 aromatic rings. The first-order valence-corrected chi connectivity index (χ1v) is 8.17. The number of aryl methyl sites for hydroxylation is 1. The van der Waals surface area contributed by atoms with Gasteiger partial charge in [0.25, 0.3) is 0 Å². The Morgan fingerprint density at radius 2 is 2.20 bits per heavy atom. The molecular formula is C13H22N2O4S. The molecule has 114 valence electrons. The molecule has 3 N–H and O–H groups in total. The quantitative estimate of drug-likeness (QED) is 0.873. The van der Waals surface area contributed by atoms with Gasteiger partial charge in [-0.3, -0.25) is 0 Å². The van der Waals surface area contributed by atoms with E-state index in [-0.39, 0.29) is 23.1 Å². The van der Waals surface area contributed by atoms with Gasteiger partial charge in [0, 0.05) is 18.7 Å². The minimum Gasteiger partial charge on any atom is -0.464 e. The zero-order valence-electron chi connectivity index (χ0n) is 12.1. The molecule has 0 aliphatic carbocycles. The molecule has 2 rings (SSSR count). The third-order valence-corrected chi connectivity index (χ3v) is 5.06. The monoisotopic (exact) mass is 302 g/mol. The van der Waals surface area contributed by atoms with Crippen LogP contribution in [0, 0.1) is 6.92 Å². The van der Waals surface area contributed by atoms with Crippen LogP contribution in [0.4, 0.5) is 0 Å². The number of nitrogens with one attached hydrogen (secondary N) is 1. The first-order valence-electron chi connectivity index (χ1n) is 6.69. The summed E-state index contributed by atoms with van der Waals surface area (Å²) in [5, 5.41) is 0. The van der Waals surface area contributed by atoms with Gasteiger partial charge in [0.1, 0.15) is 16.4 Å². The number of sulfonamides is 1. The Bertz CT molecular complexity index is 577. The second kappa shape index (κ2) is 5.48. The van der Waals surface area contributed by atoms with Crippen molar-refractivity contribution in [2.24, 2.45) is 5.73 Å². The minimum absolute atomic E-state index is 0.126. The lowest BCUT2D eigenvalue weighted by atomic mass is 9.95. The SMILES string of the molecule is Cc1oc(CN)cc1S(=O)(=O)NC1CCOC(C)(C)C1. The van der Waals surface area contributed by atoms with Gasteiger partial charge < -0.3 is 14.9 Å². The van der Waals surface area contributed by atoms with Crippen molar-refractivity contribution in [3.63, 3.8) is 0 Å². The number of hydrogen-bond acceptors (Lipinski definition) is 5. The summed E-state index contributed by atoms with van der Waals surface area (Å²) in [6.07, 6.45) is 1.32. The van der Waals surface area contributed by atoms with Crippen LogP contribution < -0.4 is 10.5 Å². The van der Waals surface area contributed by atoms with E-state index in [1.807, 2.05) is 13.8 Å². The Hall–Kier alpha value is -0.890. The van der Waals surface area contributed by atoms with Gasteiger partial charge in [-0.1, -0.05) is 0 Å². The van der Waals surface area contributed by atoms with Crippen LogP contribution in [0.15, 0.2) is 15.4 Å². The first-order chi connectivity index (χ1) is 9.23. The molecule has 1 saturated heterocycles. The Morgan fingerprint density at radius 1 is 1.50 bits per heavy atom. The van der Waals surface area contributed by atoms with Gasteiger partial charge in [0.2, 0.25) is 10.0 Å². The number of rotatable bonds is 4. The third kappa shape index (κ3) is 3.41. The first kappa shape index (κ1) is 15.5. The lowest BCUT2D eigenvalue weighted by molar-refractivity contribution is -0.0599. The molecule has 1 aliphatic rings. The summed E-state index contributed by atoms with van der Waals surface area (Å²) in [4.78, 5) is 0.169. The molecule has 0 radical (unpaired) electrons. The van der Waals surface area contributed by atoms with E-state index in [2.05, 4.69) is 4.72 Å². The molecule has 0 aromatic carbocycles. The van der Waals surface area contributed by atoms with Crippen LogP contribution in [-0.4, -0.2) is 26.7 Å². The fourth-order valence-corrected chi connectivity index (χ4v) is 3.98. The Kier molecular flexibility index (Phi) is 4.24. The average Bonchev–Trinajstić information content (AvgIpc) is 2.69. The second-order valence-electron chi connectivity index (χ2n) is 5.76. The molecule has 1 atom stereocenters. The van der Waals surface area contributed by atoms with E-state index < -0.39 is 10.0 Å². The van der Waals surface area contributed by atoms with Gasteiger partial charge in [-0.25, -0.2) is 13.1 Å². The van der Waals surface area contributed by atoms with Crippen LogP contribution in [0.3, 0.4) is 0 Å². The fraction of sp³-hybridized carbons (Fsp3) is 0.692. The topological polar surface area (TPSA) is 94.6 Å². The molecule has 0 bridgehead atoms. The van der Waals surface area contributed by atoms with Crippen LogP contribution in [0.25, 0.3) is 0 Å². The largest absolute Gasteiger partial charge is 0.464 e. The highest BCUT2D eigenvalue weighted by Gasteiger charge is 2.32. The summed E-state index contributed by atoms with van der Waals surface area (Å²) in [5.74, 6) is 0.833. The maximum Gasteiger partial charge on any atom is 0.244 e. The van der Waals surface area contributed by atoms with Crippen LogP contribution in [0.2, 0.25) is 0 Å². The van der Waals surface area contributed by atoms with Crippen molar-refractivity contribution in [2.75, 3.05) is 6.61 Å². The maximum absolute atomic E-state index is 12.4. The van der Waals surface area contributed by atoms with E-state index in [1.165, 1.54) is 6.07 Å². The highest BCUT2D eigenvalue weighted by atomic mass is 32.2. The zero-order chi connectivity index (χ0) is 15.0. The molecule has 2 heterocycles. The molecule has 1 aromatic heterocycles. The lowest BCUT2D eigenvalue weighted by Gasteiger charge is -2.35. The summed E-state index contributed by atoms with van der Waals surface area (Å²) < 4.78 is 38.5. The Balaban J connectivity index is 2.16. The van der Waals surface area contributed by atoms with Gasteiger partial charge >= 0.3 is 0 Å². The van der Waals surface area contributed by atoms with Crippen molar-refractivity contribution in [3.8, 4) is 0 Å². The van der Waals surface area contributed by atoms with Crippen LogP contribution in [0.1, 0.15) is 38.2 Å². The highest BCUT2D eigenvalue weighted by Crippen LogP contribution is 2.26. The van der Waals surface area contributed by atoms with E-state index >= 15 is 0 Å². The van der Waals surface area contributed by atoms with Gasteiger partial charge in [0.05, 0.1) is 12.1 Å². The van der Waals surface area contributed by atoms with Crippen molar-refractivity contribution < 1.29 is 17.6 Å². The van der Waals surface area contributed by atoms with Crippen LogP contribution in [0.5, 0.6) is 0 Å². The minimum atomic E-state index is -3.58. The van der Waals surface area contributed by atoms with Gasteiger partial charge in [0.15, 0.2) is 0 Å². The molecule has 1 unspecified atom stereocenters. The molecule has 7 heteroatoms. The van der Waals surface area contributed by atoms with Gasteiger partial charge in [-0.2, -0.15) is 0 Å². The second-order valence-corrected chi connectivity index (χ2v) is 7.44. The Morgan fingerprint density at radius 3 is 2.75 bits per heavy atom. The number of ether oxygens (including phenoxy) is 1. The Labute approximate surface area is 119 Å². The molecule has 1 fully saturated rings. The summed E-state index contributed by atoms with van der Waals surface area (Å²) in [6.45, 7) is 6.28. The number of nitrogens with two attached hydrogens (primary N) is 1. The third-order valence-electron chi connectivity index (χ3n) is 3.43. The number of hydrogen-bond donors (Lipinski definition) is 2. The zero-order valence-corrected chi connectivity index (χ0v) is 12.9. The summed E-state index contributed by atoms with van der Waals surface area (Å²) in [7, 11) is -3.58. The standard InChI is InChI=1S/C13H22N2O4S/c1-9-12(6-11(8-14)19-9)20(16,17)15-10-4-5-18-13(2,3)7-10/h6,10,15H,4-5,7-8,14H2,1-3H3. The summed E-state index contributed by atoms with van der Waals surface area (Å²) in [6, 6.07) is 1.36. The van der Waals surface area contributed by atoms with Crippen molar-refractivity contribution >= 4 is 10.0 Å². The van der Waals surface area contributed by atoms with E-state index in [9.17, 15) is 8.42 Å². The maximum atomic E-state index is 12.4. The normalized spacial score (nSPS) is 22.9. The lowest BCUT2D eigenvalue weighted by Crippen LogP contribution is -2.45. The molecule has 0 saturated carbocycles. The van der Waals surface area contributed by atoms with Crippen molar-refractivity contribution in [3.05, 3.63) is 17.6 Å². The predicted octanol–water partition coefficient (Wildman–Crippen LogP) is 1.28. The number of furan rings is 1. The smallest absolute Gasteiger partial charge is 0.244 e. The molecule has 20 heavy (non-hydrogen) atoms. The fourth-order valence-electron chi connectivity index (χ4n) is 2.51. The molecular weight excluding hydrogens is 280 g/mol. The van der Waals surface area contributed by atoms with Crippen LogP contribution >= 0.6 is 0 Å². The summed E-state index contributed by atoms with van der Waals surface area (Å²) >= 11 is 0. The van der Waals surface area contributed by atoms with Crippen LogP contribution in [-0.2, 0) is 21.3 Å². The van der Waals surface area contributed by atoms with Gasteiger partial charge in [-0.15, -0.1) is 0 Å². The van der Waals surface area contributed by atoms with E-state index in [0.29, 0.717) is 31.0 Å². The highest BCUT2D eigenvalue weighted by molar-refractivity contribution is 7.89. The van der Waals surface area contributed by atoms with E-state index in [0.717, 1.165) is 0 Å². The van der Waals surface area contributed by atoms with Gasteiger partial charge in [-0.05, 0) is 33.6 Å².